The number of thioether (sulfide) groups is 2. The van der Waals surface area contributed by atoms with Gasteiger partial charge in [0.1, 0.15) is 10.8 Å². The fourth-order valence-corrected chi connectivity index (χ4v) is 11.0. The van der Waals surface area contributed by atoms with Crippen molar-refractivity contribution >= 4 is 53.0 Å². The Morgan fingerprint density at radius 1 is 1.20 bits per heavy atom. The topological polar surface area (TPSA) is 80.7 Å². The lowest BCUT2D eigenvalue weighted by Crippen LogP contribution is -2.70. The van der Waals surface area contributed by atoms with Crippen LogP contribution in [0.3, 0.4) is 0 Å². The zero-order chi connectivity index (χ0) is 25.6. The molecule has 0 bridgehead atoms. The second kappa shape index (κ2) is 8.33. The van der Waals surface area contributed by atoms with Gasteiger partial charge in [-0.25, -0.2) is 13.6 Å². The summed E-state index contributed by atoms with van der Waals surface area (Å²) >= 11 is 7.09. The van der Waals surface area contributed by atoms with Crippen LogP contribution in [0.15, 0.2) is 23.8 Å². The van der Waals surface area contributed by atoms with E-state index in [1.807, 2.05) is 0 Å². The number of fused-ring (bicyclic) bond motifs is 5. The summed E-state index contributed by atoms with van der Waals surface area (Å²) in [5, 5.41) is 10.8. The summed E-state index contributed by atoms with van der Waals surface area (Å²) in [7, 11) is 0. The number of aliphatic hydroxyl groups excluding tert-OH is 1. The highest BCUT2D eigenvalue weighted by Crippen LogP contribution is 2.71. The number of rotatable bonds is 3. The number of ketones is 1. The van der Waals surface area contributed by atoms with Crippen molar-refractivity contribution in [2.75, 3.05) is 11.5 Å². The van der Waals surface area contributed by atoms with Crippen molar-refractivity contribution in [2.45, 2.75) is 68.2 Å². The molecule has 0 aromatic heterocycles. The first-order valence-electron chi connectivity index (χ1n) is 12.0. The van der Waals surface area contributed by atoms with Crippen LogP contribution in [0.5, 0.6) is 0 Å². The lowest BCUT2D eigenvalue weighted by Gasteiger charge is -2.63. The molecule has 0 radical (unpaired) electrons. The van der Waals surface area contributed by atoms with Crippen LogP contribution in [-0.2, 0) is 19.1 Å². The average molecular weight is 545 g/mol. The van der Waals surface area contributed by atoms with Gasteiger partial charge in [0, 0.05) is 34.2 Å². The number of ether oxygens (including phenoxy) is 1. The molecule has 4 fully saturated rings. The minimum absolute atomic E-state index is 0.0516. The summed E-state index contributed by atoms with van der Waals surface area (Å²) in [6.45, 7) is 5.08. The molecule has 3 saturated carbocycles. The Morgan fingerprint density at radius 3 is 2.49 bits per heavy atom. The maximum Gasteiger partial charge on any atom is 0.330 e. The second-order valence-electron chi connectivity index (χ2n) is 11.0. The number of halogens is 2. The van der Waals surface area contributed by atoms with Gasteiger partial charge >= 0.3 is 5.97 Å². The van der Waals surface area contributed by atoms with Crippen molar-refractivity contribution in [1.82, 2.24) is 0 Å². The first kappa shape index (κ1) is 25.8. The summed E-state index contributed by atoms with van der Waals surface area (Å²) < 4.78 is 38.5. The van der Waals surface area contributed by atoms with Crippen molar-refractivity contribution < 1.29 is 33.0 Å². The largest absolute Gasteiger partial charge is 0.448 e. The summed E-state index contributed by atoms with van der Waals surface area (Å²) in [5.74, 6) is -1.30. The Labute approximate surface area is 217 Å². The van der Waals surface area contributed by atoms with E-state index in [0.717, 1.165) is 17.6 Å². The van der Waals surface area contributed by atoms with E-state index in [1.165, 1.54) is 42.6 Å². The van der Waals surface area contributed by atoms with Gasteiger partial charge in [0.15, 0.2) is 17.1 Å². The van der Waals surface area contributed by atoms with Crippen molar-refractivity contribution in [2.24, 2.45) is 28.6 Å². The van der Waals surface area contributed by atoms with Crippen molar-refractivity contribution in [3.05, 3.63) is 23.8 Å². The summed E-state index contributed by atoms with van der Waals surface area (Å²) in [6.07, 6.45) is 0.595. The van der Waals surface area contributed by atoms with Gasteiger partial charge in [0.05, 0.1) is 6.10 Å². The number of hydrogen-bond donors (Lipinski definition) is 2. The van der Waals surface area contributed by atoms with E-state index in [4.69, 9.17) is 4.74 Å². The Morgan fingerprint density at radius 2 is 1.86 bits per heavy atom. The number of hydrogen-bond acceptors (Lipinski definition) is 7. The number of carbonyl (C=O) groups is 3. The fourth-order valence-electron chi connectivity index (χ4n) is 7.94. The number of alkyl halides is 2. The Kier molecular flexibility index (Phi) is 6.14. The highest BCUT2D eigenvalue weighted by atomic mass is 32.2. The Hall–Kier alpha value is -0.840. The molecule has 5 aliphatic rings. The van der Waals surface area contributed by atoms with E-state index < -0.39 is 73.6 Å². The Balaban J connectivity index is 1.60. The molecule has 0 aromatic carbocycles. The molecule has 5 nitrogen and oxygen atoms in total. The number of carbonyl (C=O) groups excluding carboxylic acids is 3. The molecule has 0 aromatic rings. The van der Waals surface area contributed by atoms with E-state index in [0.29, 0.717) is 6.42 Å². The van der Waals surface area contributed by atoms with Gasteiger partial charge in [0.25, 0.3) is 0 Å². The lowest BCUT2D eigenvalue weighted by atomic mass is 9.44. The summed E-state index contributed by atoms with van der Waals surface area (Å²) in [4.78, 5) is 38.3. The summed E-state index contributed by atoms with van der Waals surface area (Å²) in [5.41, 5.74) is -6.50. The highest BCUT2D eigenvalue weighted by Gasteiger charge is 2.78. The third-order valence-corrected chi connectivity index (χ3v) is 12.8. The van der Waals surface area contributed by atoms with Crippen LogP contribution >= 0.6 is 36.2 Å². The van der Waals surface area contributed by atoms with Gasteiger partial charge in [-0.05, 0) is 49.8 Å². The van der Waals surface area contributed by atoms with E-state index in [-0.39, 0.29) is 18.4 Å². The zero-order valence-corrected chi connectivity index (χ0v) is 22.4. The maximum absolute atomic E-state index is 17.3. The molecular weight excluding hydrogens is 514 g/mol. The van der Waals surface area contributed by atoms with Crippen LogP contribution in [0, 0.1) is 28.6 Å². The minimum atomic E-state index is -2.25. The molecule has 0 spiro atoms. The van der Waals surface area contributed by atoms with Crippen LogP contribution in [0.2, 0.25) is 0 Å². The molecule has 1 heterocycles. The number of aliphatic hydroxyl groups is 1. The van der Waals surface area contributed by atoms with Gasteiger partial charge < -0.3 is 9.84 Å². The molecule has 1 aliphatic heterocycles. The normalized spacial score (nSPS) is 49.2. The lowest BCUT2D eigenvalue weighted by molar-refractivity contribution is -0.228. The van der Waals surface area contributed by atoms with E-state index in [1.54, 1.807) is 13.8 Å². The molecule has 4 aliphatic carbocycles. The van der Waals surface area contributed by atoms with Crippen LogP contribution in [0.25, 0.3) is 0 Å². The molecule has 1 saturated heterocycles. The molecule has 5 rings (SSSR count). The predicted molar refractivity (Wildman–Crippen MR) is 135 cm³/mol. The van der Waals surface area contributed by atoms with Crippen LogP contribution < -0.4 is 0 Å². The number of thiol groups is 1. The number of allylic oxidation sites excluding steroid dienone is 4. The standard InChI is InChI=1S/C25H30F2O5S3/c1-12-8-14-15-10-17(26)16-9-13(28)4-5-22(16,2)24(15,27)18(29)11-23(14,3)25(12,21(31)33)32-19(30)20-34-6-7-35-20/h4-5,9,12,14-15,17-18,20,29H,6-8,10-11H2,1-3H3,(H,31,33)/t12-,14+,15+,17+,18+,22+,23+,24+,25+/m1/s1. The van der Waals surface area contributed by atoms with Gasteiger partial charge in [-0.1, -0.05) is 19.9 Å². The van der Waals surface area contributed by atoms with Crippen molar-refractivity contribution in [3.63, 3.8) is 0 Å². The predicted octanol–water partition coefficient (Wildman–Crippen LogP) is 4.10. The molecular formula is C25H30F2O5S3. The zero-order valence-electron chi connectivity index (χ0n) is 19.8. The third-order valence-electron chi connectivity index (χ3n) is 9.56. The Bertz CT molecular complexity index is 1040. The number of esters is 1. The van der Waals surface area contributed by atoms with Gasteiger partial charge in [0.2, 0.25) is 5.12 Å². The minimum Gasteiger partial charge on any atom is -0.448 e. The quantitative estimate of drug-likeness (QED) is 0.409. The molecule has 192 valence electrons. The van der Waals surface area contributed by atoms with Crippen molar-refractivity contribution in [3.8, 4) is 0 Å². The SMILES string of the molecule is C[C@@H]1C[C@H]2[C@@H]3C[C@H](F)C4=CC(=O)C=C[C@]4(C)[C@@]3(F)[C@@H](O)C[C@]2(C)[C@@]1(OC(=O)C1SCCS1)C(=O)S. The van der Waals surface area contributed by atoms with E-state index >= 15 is 8.78 Å². The molecule has 10 heteroatoms. The monoisotopic (exact) mass is 544 g/mol. The molecule has 9 atom stereocenters. The molecule has 35 heavy (non-hydrogen) atoms. The second-order valence-corrected chi connectivity index (χ2v) is 14.2. The molecule has 1 N–H and O–H groups in total. The first-order valence-corrected chi connectivity index (χ1v) is 14.5. The smallest absolute Gasteiger partial charge is 0.330 e. The summed E-state index contributed by atoms with van der Waals surface area (Å²) in [6, 6.07) is 0. The van der Waals surface area contributed by atoms with Crippen LogP contribution in [0.4, 0.5) is 8.78 Å². The van der Waals surface area contributed by atoms with E-state index in [2.05, 4.69) is 12.6 Å². The van der Waals surface area contributed by atoms with Gasteiger partial charge in [-0.3, -0.25) is 9.59 Å². The molecule has 0 unspecified atom stereocenters. The van der Waals surface area contributed by atoms with Gasteiger partial charge in [-0.15, -0.1) is 36.2 Å². The van der Waals surface area contributed by atoms with E-state index in [9.17, 15) is 19.5 Å². The van der Waals surface area contributed by atoms with Crippen molar-refractivity contribution in [1.29, 1.82) is 0 Å². The first-order chi connectivity index (χ1) is 16.3. The molecule has 0 amide bonds. The maximum atomic E-state index is 17.3. The van der Waals surface area contributed by atoms with Gasteiger partial charge in [-0.2, -0.15) is 0 Å². The average Bonchev–Trinajstić information content (AvgIpc) is 3.39. The highest BCUT2D eigenvalue weighted by molar-refractivity contribution is 8.21. The van der Waals surface area contributed by atoms with Crippen LogP contribution in [0.1, 0.15) is 40.0 Å². The van der Waals surface area contributed by atoms with Crippen LogP contribution in [-0.4, -0.2) is 61.6 Å². The third kappa shape index (κ3) is 3.21. The fraction of sp³-hybridized carbons (Fsp3) is 0.720.